The molecule has 1 radical (unpaired) electrons. The van der Waals surface area contributed by atoms with Gasteiger partial charge in [-0.25, -0.2) is 0 Å². The molecule has 1 unspecified atom stereocenters. The summed E-state index contributed by atoms with van der Waals surface area (Å²) in [4.78, 5) is 11.1. The average molecular weight is 475 g/mol. The van der Waals surface area contributed by atoms with Crippen LogP contribution in [0.25, 0.3) is 0 Å². The molecule has 1 aromatic carbocycles. The van der Waals surface area contributed by atoms with Crippen molar-refractivity contribution >= 4 is 31.1 Å². The van der Waals surface area contributed by atoms with Gasteiger partial charge in [0.1, 0.15) is 0 Å². The van der Waals surface area contributed by atoms with Gasteiger partial charge >= 0.3 is 120 Å². The maximum atomic E-state index is 13.5. The third-order valence-electron chi connectivity index (χ3n) is 2.34. The van der Waals surface area contributed by atoms with E-state index in [2.05, 4.69) is 7.55 Å². The van der Waals surface area contributed by atoms with Crippen LogP contribution in [0.3, 0.4) is 0 Å². The van der Waals surface area contributed by atoms with Crippen molar-refractivity contribution in [2.45, 2.75) is 6.10 Å². The van der Waals surface area contributed by atoms with Crippen molar-refractivity contribution in [1.29, 1.82) is 0 Å². The van der Waals surface area contributed by atoms with Gasteiger partial charge in [0.05, 0.1) is 0 Å². The van der Waals surface area contributed by atoms with Crippen molar-refractivity contribution in [3.05, 3.63) is 28.8 Å². The van der Waals surface area contributed by atoms with Crippen molar-refractivity contribution in [2.24, 2.45) is 0 Å². The minimum atomic E-state index is -1.84. The fourth-order valence-electron chi connectivity index (χ4n) is 1.31. The summed E-state index contributed by atoms with van der Waals surface area (Å²) in [5.41, 5.74) is -1.40. The van der Waals surface area contributed by atoms with Crippen LogP contribution < -0.4 is 4.74 Å². The number of epoxide rings is 1. The molecule has 9 heteroatoms. The van der Waals surface area contributed by atoms with E-state index in [9.17, 15) is 22.4 Å². The Bertz CT molecular complexity index is 504. The summed E-state index contributed by atoms with van der Waals surface area (Å²) in [5, 5.41) is 0. The number of hydrogen-bond acceptors (Lipinski definition) is 4. The van der Waals surface area contributed by atoms with E-state index in [0.29, 0.717) is 6.61 Å². The molecule has 1 heterocycles. The summed E-state index contributed by atoms with van der Waals surface area (Å²) < 4.78 is 67.6. The van der Waals surface area contributed by atoms with Crippen molar-refractivity contribution in [3.63, 3.8) is 0 Å². The first-order chi connectivity index (χ1) is 8.97. The molecule has 4 nitrogen and oxygen atoms in total. The van der Waals surface area contributed by atoms with E-state index in [1.54, 1.807) is 0 Å². The number of halogens is 4. The van der Waals surface area contributed by atoms with Gasteiger partial charge in [0.25, 0.3) is 0 Å². The first-order valence-electron chi connectivity index (χ1n) is 4.95. The third-order valence-corrected chi connectivity index (χ3v) is 3.06. The summed E-state index contributed by atoms with van der Waals surface area (Å²) in [6.07, 6.45) is -0.351. The molecule has 0 spiro atoms. The van der Waals surface area contributed by atoms with Gasteiger partial charge in [-0.2, -0.15) is 0 Å². The molecule has 0 aliphatic carbocycles. The summed E-state index contributed by atoms with van der Waals surface area (Å²) in [5.74, 6) is -9.91. The molecular formula is C10H6BiF4O4. The van der Waals surface area contributed by atoms with Crippen LogP contribution in [-0.4, -0.2) is 50.4 Å². The number of rotatable bonds is 4. The molecule has 1 saturated heterocycles. The first kappa shape index (κ1) is 14.5. The van der Waals surface area contributed by atoms with Crippen molar-refractivity contribution < 1.29 is 34.6 Å². The zero-order valence-electron chi connectivity index (χ0n) is 9.14. The van der Waals surface area contributed by atoms with E-state index in [-0.39, 0.29) is 37.9 Å². The van der Waals surface area contributed by atoms with Gasteiger partial charge < -0.3 is 0 Å². The Labute approximate surface area is 120 Å². The van der Waals surface area contributed by atoms with Gasteiger partial charge in [0.15, 0.2) is 0 Å². The predicted molar refractivity (Wildman–Crippen MR) is 54.1 cm³/mol. The summed E-state index contributed by atoms with van der Waals surface area (Å²) >= 11 is -0.171. The Balaban J connectivity index is 2.42. The second-order valence-corrected chi connectivity index (χ2v) is 4.41. The van der Waals surface area contributed by atoms with Crippen molar-refractivity contribution in [3.8, 4) is 5.75 Å². The van der Waals surface area contributed by atoms with Crippen LogP contribution in [0.4, 0.5) is 17.6 Å². The van der Waals surface area contributed by atoms with Crippen LogP contribution in [0, 0.1) is 23.3 Å². The van der Waals surface area contributed by atoms with Gasteiger partial charge in [-0.05, 0) is 0 Å². The summed E-state index contributed by atoms with van der Waals surface area (Å²) in [7, 11) is 0. The molecule has 0 aromatic heterocycles. The van der Waals surface area contributed by atoms with Gasteiger partial charge in [-0.1, -0.05) is 0 Å². The maximum absolute atomic E-state index is 13.5. The quantitative estimate of drug-likeness (QED) is 0.282. The zero-order chi connectivity index (χ0) is 14.2. The fourth-order valence-corrected chi connectivity index (χ4v) is 1.71. The van der Waals surface area contributed by atoms with Gasteiger partial charge in [0, 0.05) is 0 Å². The average Bonchev–Trinajstić information content (AvgIpc) is 3.20. The van der Waals surface area contributed by atoms with E-state index in [0.717, 1.165) is 0 Å². The summed E-state index contributed by atoms with van der Waals surface area (Å²) in [6, 6.07) is 0. The van der Waals surface area contributed by atoms with E-state index in [1.165, 1.54) is 0 Å². The summed E-state index contributed by atoms with van der Waals surface area (Å²) in [6.45, 7) is 0.107. The van der Waals surface area contributed by atoms with Gasteiger partial charge in [-0.15, -0.1) is 0 Å². The molecule has 1 aliphatic rings. The van der Waals surface area contributed by atoms with Gasteiger partial charge in [0.2, 0.25) is 0 Å². The Morgan fingerprint density at radius 3 is 2.16 bits per heavy atom. The van der Waals surface area contributed by atoms with E-state index >= 15 is 0 Å². The van der Waals surface area contributed by atoms with Crippen molar-refractivity contribution in [1.82, 2.24) is 0 Å². The number of carbonyl (C=O) groups excluding carboxylic acids is 1. The zero-order valence-corrected chi connectivity index (χ0v) is 13.0. The van der Waals surface area contributed by atoms with Gasteiger partial charge in [-0.3, -0.25) is 0 Å². The molecule has 0 bridgehead atoms. The number of benzene rings is 1. The standard InChI is InChI=1S/C10H6F4O4.Bi.H/c11-5-4(10(15)16)6(12)8(14)9(7(5)13)18-2-3-1-17-3;;/h3H,1-2H2,(H,15,16);;/q;+1;/p-1. The molecule has 2 rings (SSSR count). The minimum absolute atomic E-state index is 0.171. The monoisotopic (exact) mass is 475 g/mol. The van der Waals surface area contributed by atoms with E-state index in [1.807, 2.05) is 0 Å². The SMILES string of the molecule is O=C([O][BiH])c1c(F)c(F)c(OCC2CO2)c(F)c1F. The Kier molecular flexibility index (Phi) is 4.25. The van der Waals surface area contributed by atoms with E-state index in [4.69, 9.17) is 4.74 Å². The molecule has 1 aliphatic heterocycles. The fraction of sp³-hybridized carbons (Fsp3) is 0.300. The van der Waals surface area contributed by atoms with Crippen LogP contribution in [0.5, 0.6) is 5.75 Å². The first-order valence-corrected chi connectivity index (χ1v) is 6.54. The van der Waals surface area contributed by atoms with Crippen LogP contribution in [0.1, 0.15) is 10.4 Å². The molecule has 1 aromatic rings. The van der Waals surface area contributed by atoms with Crippen LogP contribution in [-0.2, 0) is 7.55 Å². The molecule has 103 valence electrons. The molecule has 0 saturated carbocycles. The Morgan fingerprint density at radius 1 is 1.21 bits per heavy atom. The Morgan fingerprint density at radius 2 is 1.74 bits per heavy atom. The molecule has 0 N–H and O–H groups in total. The van der Waals surface area contributed by atoms with Crippen LogP contribution in [0.2, 0.25) is 0 Å². The molecule has 0 amide bonds. The Hall–Kier alpha value is -0.947. The number of hydrogen-bond donors (Lipinski definition) is 0. The molecule has 1 fully saturated rings. The third kappa shape index (κ3) is 2.81. The van der Waals surface area contributed by atoms with E-state index < -0.39 is 40.6 Å². The predicted octanol–water partition coefficient (Wildman–Crippen LogP) is 0.993. The second-order valence-electron chi connectivity index (χ2n) is 3.62. The molecule has 19 heavy (non-hydrogen) atoms. The number of carbonyl (C=O) groups is 1. The van der Waals surface area contributed by atoms with Crippen molar-refractivity contribution in [2.75, 3.05) is 13.2 Å². The topological polar surface area (TPSA) is 48.1 Å². The number of ether oxygens (including phenoxy) is 2. The van der Waals surface area contributed by atoms with Crippen LogP contribution in [0.15, 0.2) is 0 Å². The molecule has 1 atom stereocenters. The molecular weight excluding hydrogens is 469 g/mol. The normalized spacial score (nSPS) is 17.2. The second kappa shape index (κ2) is 5.58. The van der Waals surface area contributed by atoms with Crippen LogP contribution >= 0.6 is 0 Å².